The minimum Gasteiger partial charge on any atom is -0.462 e. The molecule has 172 valence electrons. The van der Waals surface area contributed by atoms with E-state index in [0.717, 1.165) is 22.9 Å². The van der Waals surface area contributed by atoms with Gasteiger partial charge in [0.1, 0.15) is 5.82 Å². The van der Waals surface area contributed by atoms with E-state index in [1.54, 1.807) is 35.2 Å². The number of ether oxygens (including phenoxy) is 1. The molecule has 0 saturated carbocycles. The van der Waals surface area contributed by atoms with Crippen molar-refractivity contribution in [2.45, 2.75) is 26.2 Å². The van der Waals surface area contributed by atoms with E-state index in [-0.39, 0.29) is 24.1 Å². The quantitative estimate of drug-likeness (QED) is 0.508. The zero-order valence-electron chi connectivity index (χ0n) is 18.4. The largest absolute Gasteiger partial charge is 0.462 e. The van der Waals surface area contributed by atoms with Crippen LogP contribution >= 0.6 is 0 Å². The first-order valence-corrected chi connectivity index (χ1v) is 11.1. The molecular formula is C25H26FN3O4. The molecule has 2 aromatic carbocycles. The Bertz CT molecular complexity index is 1170. The number of carbonyl (C=O) groups is 3. The fourth-order valence-electron chi connectivity index (χ4n) is 3.99. The first-order valence-electron chi connectivity index (χ1n) is 11.1. The lowest BCUT2D eigenvalue weighted by molar-refractivity contribution is -0.128. The fourth-order valence-corrected chi connectivity index (χ4v) is 3.99. The first-order chi connectivity index (χ1) is 15.9. The monoisotopic (exact) mass is 451 g/mol. The predicted molar refractivity (Wildman–Crippen MR) is 122 cm³/mol. The van der Waals surface area contributed by atoms with Crippen LogP contribution < -0.4 is 5.32 Å². The molecule has 1 aliphatic rings. The highest BCUT2D eigenvalue weighted by Crippen LogP contribution is 2.23. The molecule has 0 aliphatic carbocycles. The summed E-state index contributed by atoms with van der Waals surface area (Å²) in [5.41, 5.74) is 2.75. The van der Waals surface area contributed by atoms with Gasteiger partial charge in [-0.15, -0.1) is 0 Å². The zero-order chi connectivity index (χ0) is 23.4. The first kappa shape index (κ1) is 22.5. The summed E-state index contributed by atoms with van der Waals surface area (Å²) in [5.74, 6) is -1.46. The number of benzene rings is 2. The maximum Gasteiger partial charge on any atom is 0.338 e. The summed E-state index contributed by atoms with van der Waals surface area (Å²) >= 11 is 0. The van der Waals surface area contributed by atoms with E-state index in [0.29, 0.717) is 37.4 Å². The zero-order valence-corrected chi connectivity index (χ0v) is 18.4. The van der Waals surface area contributed by atoms with Crippen molar-refractivity contribution in [3.63, 3.8) is 0 Å². The molecule has 1 aromatic heterocycles. The molecule has 33 heavy (non-hydrogen) atoms. The lowest BCUT2D eigenvalue weighted by atomic mass is 10.1. The predicted octanol–water partition coefficient (Wildman–Crippen LogP) is 3.90. The van der Waals surface area contributed by atoms with Gasteiger partial charge in [-0.25, -0.2) is 9.18 Å². The van der Waals surface area contributed by atoms with Crippen LogP contribution in [0.2, 0.25) is 0 Å². The number of rotatable bonds is 8. The minimum absolute atomic E-state index is 0.0739. The Morgan fingerprint density at radius 1 is 1.21 bits per heavy atom. The Labute approximate surface area is 190 Å². The average molecular weight is 451 g/mol. The second-order valence-electron chi connectivity index (χ2n) is 8.20. The number of aromatic amines is 1. The maximum absolute atomic E-state index is 13.6. The van der Waals surface area contributed by atoms with E-state index in [2.05, 4.69) is 10.3 Å². The number of H-pyrrole nitrogens is 1. The van der Waals surface area contributed by atoms with Crippen molar-refractivity contribution in [3.8, 4) is 0 Å². The van der Waals surface area contributed by atoms with Gasteiger partial charge in [0.25, 0.3) is 0 Å². The number of carbonyl (C=O) groups excluding carboxylic acids is 3. The summed E-state index contributed by atoms with van der Waals surface area (Å²) in [6, 6.07) is 11.1. The van der Waals surface area contributed by atoms with Gasteiger partial charge in [0, 0.05) is 42.3 Å². The Hall–Kier alpha value is -3.68. The molecule has 2 amide bonds. The SMILES string of the molecule is CCCOC(=O)c1ccc(NC(=O)[C@@H]2CC(=O)N(CCc3c[nH]c4ccc(F)cc34)C2)cc1. The number of nitrogens with one attached hydrogen (secondary N) is 2. The second kappa shape index (κ2) is 9.85. The van der Waals surface area contributed by atoms with Gasteiger partial charge in [0.15, 0.2) is 0 Å². The third-order valence-corrected chi connectivity index (χ3v) is 5.79. The number of fused-ring (bicyclic) bond motifs is 1. The summed E-state index contributed by atoms with van der Waals surface area (Å²) in [5, 5.41) is 3.62. The molecular weight excluding hydrogens is 425 g/mol. The second-order valence-corrected chi connectivity index (χ2v) is 8.20. The fraction of sp³-hybridized carbons (Fsp3) is 0.320. The summed E-state index contributed by atoms with van der Waals surface area (Å²) in [6.07, 6.45) is 3.29. The number of likely N-dealkylation sites (tertiary alicyclic amines) is 1. The lowest BCUT2D eigenvalue weighted by Crippen LogP contribution is -2.30. The highest BCUT2D eigenvalue weighted by molar-refractivity contribution is 5.97. The maximum atomic E-state index is 13.6. The number of nitrogens with zero attached hydrogens (tertiary/aromatic N) is 1. The molecule has 1 fully saturated rings. The van der Waals surface area contributed by atoms with Crippen LogP contribution in [0.15, 0.2) is 48.7 Å². The van der Waals surface area contributed by atoms with Crippen LogP contribution in [-0.2, 0) is 20.7 Å². The molecule has 0 unspecified atom stereocenters. The topological polar surface area (TPSA) is 91.5 Å². The van der Waals surface area contributed by atoms with Crippen molar-refractivity contribution in [2.75, 3.05) is 25.0 Å². The van der Waals surface area contributed by atoms with E-state index in [4.69, 9.17) is 4.74 Å². The molecule has 8 heteroatoms. The summed E-state index contributed by atoms with van der Waals surface area (Å²) in [6.45, 7) is 3.08. The van der Waals surface area contributed by atoms with Crippen molar-refractivity contribution in [2.24, 2.45) is 5.92 Å². The van der Waals surface area contributed by atoms with Crippen LogP contribution in [0.5, 0.6) is 0 Å². The number of esters is 1. The molecule has 4 rings (SSSR count). The molecule has 1 saturated heterocycles. The Morgan fingerprint density at radius 3 is 2.76 bits per heavy atom. The molecule has 1 aliphatic heterocycles. The number of hydrogen-bond acceptors (Lipinski definition) is 4. The smallest absolute Gasteiger partial charge is 0.338 e. The van der Waals surface area contributed by atoms with Crippen LogP contribution in [0.3, 0.4) is 0 Å². The normalized spacial score (nSPS) is 15.8. The molecule has 7 nitrogen and oxygen atoms in total. The third kappa shape index (κ3) is 5.22. The number of amides is 2. The van der Waals surface area contributed by atoms with Gasteiger partial charge in [0.05, 0.1) is 18.1 Å². The van der Waals surface area contributed by atoms with Crippen LogP contribution in [0, 0.1) is 11.7 Å². The highest BCUT2D eigenvalue weighted by Gasteiger charge is 2.34. The van der Waals surface area contributed by atoms with Crippen LogP contribution in [0.1, 0.15) is 35.7 Å². The van der Waals surface area contributed by atoms with Crippen molar-refractivity contribution in [3.05, 3.63) is 65.6 Å². The number of hydrogen-bond donors (Lipinski definition) is 2. The van der Waals surface area contributed by atoms with E-state index in [9.17, 15) is 18.8 Å². The average Bonchev–Trinajstić information content (AvgIpc) is 3.39. The van der Waals surface area contributed by atoms with Gasteiger partial charge in [-0.2, -0.15) is 0 Å². The van der Waals surface area contributed by atoms with Gasteiger partial charge >= 0.3 is 5.97 Å². The van der Waals surface area contributed by atoms with Gasteiger partial charge < -0.3 is 19.9 Å². The number of halogens is 1. The molecule has 2 N–H and O–H groups in total. The van der Waals surface area contributed by atoms with Crippen molar-refractivity contribution < 1.29 is 23.5 Å². The summed E-state index contributed by atoms with van der Waals surface area (Å²) in [7, 11) is 0. The van der Waals surface area contributed by atoms with E-state index >= 15 is 0 Å². The summed E-state index contributed by atoms with van der Waals surface area (Å²) in [4.78, 5) is 41.8. The van der Waals surface area contributed by atoms with Crippen LogP contribution in [-0.4, -0.2) is 47.4 Å². The molecule has 3 aromatic rings. The van der Waals surface area contributed by atoms with Gasteiger partial charge in [-0.1, -0.05) is 6.92 Å². The molecule has 2 heterocycles. The third-order valence-electron chi connectivity index (χ3n) is 5.79. The number of aromatic nitrogens is 1. The molecule has 0 bridgehead atoms. The highest BCUT2D eigenvalue weighted by atomic mass is 19.1. The minimum atomic E-state index is -0.452. The van der Waals surface area contributed by atoms with Crippen molar-refractivity contribution in [1.29, 1.82) is 0 Å². The van der Waals surface area contributed by atoms with E-state index in [1.165, 1.54) is 12.1 Å². The number of anilines is 1. The van der Waals surface area contributed by atoms with E-state index < -0.39 is 11.9 Å². The molecule has 0 spiro atoms. The van der Waals surface area contributed by atoms with Crippen molar-refractivity contribution in [1.82, 2.24) is 9.88 Å². The summed E-state index contributed by atoms with van der Waals surface area (Å²) < 4.78 is 18.7. The van der Waals surface area contributed by atoms with Crippen LogP contribution in [0.4, 0.5) is 10.1 Å². The van der Waals surface area contributed by atoms with E-state index in [1.807, 2.05) is 13.1 Å². The molecule has 1 atom stereocenters. The Morgan fingerprint density at radius 2 is 2.00 bits per heavy atom. The van der Waals surface area contributed by atoms with Crippen LogP contribution in [0.25, 0.3) is 10.9 Å². The molecule has 0 radical (unpaired) electrons. The van der Waals surface area contributed by atoms with Crippen molar-refractivity contribution >= 4 is 34.4 Å². The Balaban J connectivity index is 1.31. The Kier molecular flexibility index (Phi) is 6.72. The van der Waals surface area contributed by atoms with Gasteiger partial charge in [-0.05, 0) is 60.9 Å². The van der Waals surface area contributed by atoms with Gasteiger partial charge in [0.2, 0.25) is 11.8 Å². The van der Waals surface area contributed by atoms with Gasteiger partial charge in [-0.3, -0.25) is 9.59 Å². The lowest BCUT2D eigenvalue weighted by Gasteiger charge is -2.16. The standard InChI is InChI=1S/C25H26FN3O4/c1-2-11-33-25(32)16-3-6-20(7-4-16)28-24(31)18-12-23(30)29(15-18)10-9-17-14-27-22-8-5-19(26)13-21(17)22/h3-8,13-14,18,27H,2,9-12,15H2,1H3,(H,28,31)/t18-/m1/s1.